The van der Waals surface area contributed by atoms with E-state index in [1.165, 1.54) is 70.6 Å². The van der Waals surface area contributed by atoms with Crippen molar-refractivity contribution >= 4 is 5.91 Å². The zero-order chi connectivity index (χ0) is 16.3. The number of amides is 1. The quantitative estimate of drug-likeness (QED) is 0.511. The number of hydrogen-bond acceptors (Lipinski definition) is 3. The number of unbranched alkanes of at least 4 members (excludes halogenated alkanes) is 9. The van der Waals surface area contributed by atoms with Gasteiger partial charge >= 0.3 is 0 Å². The third-order valence-electron chi connectivity index (χ3n) is 4.06. The minimum atomic E-state index is 0.225. The third-order valence-corrected chi connectivity index (χ3v) is 4.06. The van der Waals surface area contributed by atoms with Crippen LogP contribution >= 0.6 is 0 Å². The predicted octanol–water partition coefficient (Wildman–Crippen LogP) is 3.48. The minimum absolute atomic E-state index is 0.225. The second-order valence-electron chi connectivity index (χ2n) is 6.27. The van der Waals surface area contributed by atoms with Gasteiger partial charge in [0, 0.05) is 13.0 Å². The fourth-order valence-corrected chi connectivity index (χ4v) is 2.61. The number of carbonyl (C=O) groups excluding carboxylic acids is 1. The van der Waals surface area contributed by atoms with Crippen LogP contribution in [0.15, 0.2) is 0 Å². The molecule has 1 fully saturated rings. The SMILES string of the molecule is NCCCCCCCCCCCCN.O=C1CCCCCN1. The lowest BCUT2D eigenvalue weighted by Gasteiger charge is -2.01. The summed E-state index contributed by atoms with van der Waals surface area (Å²) in [7, 11) is 0. The Bertz CT molecular complexity index is 212. The zero-order valence-electron chi connectivity index (χ0n) is 14.6. The Morgan fingerprint density at radius 2 is 1.14 bits per heavy atom. The molecule has 0 unspecified atom stereocenters. The normalized spacial score (nSPS) is 14.7. The Balaban J connectivity index is 0.000000461. The first-order valence-electron chi connectivity index (χ1n) is 9.48. The van der Waals surface area contributed by atoms with Crippen LogP contribution in [0.4, 0.5) is 0 Å². The second-order valence-corrected chi connectivity index (χ2v) is 6.27. The summed E-state index contributed by atoms with van der Waals surface area (Å²) in [5.41, 5.74) is 10.9. The lowest BCUT2D eigenvalue weighted by atomic mass is 10.1. The van der Waals surface area contributed by atoms with Gasteiger partial charge < -0.3 is 16.8 Å². The summed E-state index contributed by atoms with van der Waals surface area (Å²) in [6.45, 7) is 2.61. The summed E-state index contributed by atoms with van der Waals surface area (Å²) in [5.74, 6) is 0.225. The summed E-state index contributed by atoms with van der Waals surface area (Å²) in [4.78, 5) is 10.6. The maximum Gasteiger partial charge on any atom is 0.219 e. The Morgan fingerprint density at radius 3 is 1.59 bits per heavy atom. The fourth-order valence-electron chi connectivity index (χ4n) is 2.61. The molecule has 5 N–H and O–H groups in total. The van der Waals surface area contributed by atoms with Crippen molar-refractivity contribution in [2.24, 2.45) is 11.5 Å². The molecule has 0 aromatic carbocycles. The van der Waals surface area contributed by atoms with E-state index < -0.39 is 0 Å². The highest BCUT2D eigenvalue weighted by Crippen LogP contribution is 2.09. The van der Waals surface area contributed by atoms with Crippen molar-refractivity contribution in [1.82, 2.24) is 5.32 Å². The maximum atomic E-state index is 10.6. The number of rotatable bonds is 11. The van der Waals surface area contributed by atoms with E-state index in [-0.39, 0.29) is 5.91 Å². The lowest BCUT2D eigenvalue weighted by molar-refractivity contribution is -0.120. The fraction of sp³-hybridized carbons (Fsp3) is 0.944. The highest BCUT2D eigenvalue weighted by atomic mass is 16.1. The van der Waals surface area contributed by atoms with Crippen LogP contribution in [0.1, 0.15) is 89.9 Å². The van der Waals surface area contributed by atoms with E-state index in [9.17, 15) is 4.79 Å². The van der Waals surface area contributed by atoms with Crippen molar-refractivity contribution in [1.29, 1.82) is 0 Å². The molecule has 22 heavy (non-hydrogen) atoms. The second kappa shape index (κ2) is 18.4. The van der Waals surface area contributed by atoms with E-state index in [4.69, 9.17) is 11.5 Å². The first-order valence-corrected chi connectivity index (χ1v) is 9.48. The van der Waals surface area contributed by atoms with Gasteiger partial charge in [-0.2, -0.15) is 0 Å². The van der Waals surface area contributed by atoms with Crippen LogP contribution in [0, 0.1) is 0 Å². The van der Waals surface area contributed by atoms with E-state index in [0.29, 0.717) is 0 Å². The molecule has 0 aliphatic carbocycles. The van der Waals surface area contributed by atoms with E-state index in [1.807, 2.05) is 0 Å². The van der Waals surface area contributed by atoms with Crippen molar-refractivity contribution in [2.45, 2.75) is 89.9 Å². The maximum absolute atomic E-state index is 10.6. The van der Waals surface area contributed by atoms with Gasteiger partial charge in [-0.05, 0) is 38.8 Å². The molecule has 4 heteroatoms. The first kappa shape index (κ1) is 21.4. The molecule has 1 rings (SSSR count). The van der Waals surface area contributed by atoms with Crippen LogP contribution in [0.5, 0.6) is 0 Å². The lowest BCUT2D eigenvalue weighted by Crippen LogP contribution is -2.21. The minimum Gasteiger partial charge on any atom is -0.356 e. The summed E-state index contributed by atoms with van der Waals surface area (Å²) in [6, 6.07) is 0. The smallest absolute Gasteiger partial charge is 0.219 e. The molecule has 1 amide bonds. The third kappa shape index (κ3) is 17.4. The van der Waals surface area contributed by atoms with Gasteiger partial charge in [0.25, 0.3) is 0 Å². The van der Waals surface area contributed by atoms with Crippen molar-refractivity contribution in [3.05, 3.63) is 0 Å². The Morgan fingerprint density at radius 1 is 0.682 bits per heavy atom. The van der Waals surface area contributed by atoms with Crippen molar-refractivity contribution in [3.63, 3.8) is 0 Å². The van der Waals surface area contributed by atoms with E-state index >= 15 is 0 Å². The van der Waals surface area contributed by atoms with Crippen LogP contribution in [0.3, 0.4) is 0 Å². The molecule has 1 heterocycles. The molecular weight excluding hydrogens is 274 g/mol. The van der Waals surface area contributed by atoms with E-state index in [2.05, 4.69) is 5.32 Å². The van der Waals surface area contributed by atoms with Gasteiger partial charge in [0.05, 0.1) is 0 Å². The van der Waals surface area contributed by atoms with Crippen LogP contribution in [0.25, 0.3) is 0 Å². The zero-order valence-corrected chi connectivity index (χ0v) is 14.6. The highest BCUT2D eigenvalue weighted by Gasteiger charge is 2.03. The van der Waals surface area contributed by atoms with Gasteiger partial charge in [0.2, 0.25) is 5.91 Å². The van der Waals surface area contributed by atoms with Crippen LogP contribution in [-0.4, -0.2) is 25.5 Å². The molecule has 0 saturated carbocycles. The molecule has 0 aromatic rings. The Kier molecular flexibility index (Phi) is 17.9. The van der Waals surface area contributed by atoms with Crippen LogP contribution in [0.2, 0.25) is 0 Å². The van der Waals surface area contributed by atoms with Crippen molar-refractivity contribution in [2.75, 3.05) is 19.6 Å². The number of carbonyl (C=O) groups is 1. The van der Waals surface area contributed by atoms with Crippen molar-refractivity contribution < 1.29 is 4.79 Å². The average molecular weight is 314 g/mol. The summed E-state index contributed by atoms with van der Waals surface area (Å²) < 4.78 is 0. The van der Waals surface area contributed by atoms with Gasteiger partial charge in [0.1, 0.15) is 0 Å². The number of nitrogens with two attached hydrogens (primary N) is 2. The molecule has 132 valence electrons. The molecule has 0 aromatic heterocycles. The summed E-state index contributed by atoms with van der Waals surface area (Å²) >= 11 is 0. The van der Waals surface area contributed by atoms with E-state index in [0.717, 1.165) is 38.9 Å². The van der Waals surface area contributed by atoms with E-state index in [1.54, 1.807) is 0 Å². The Labute approximate surface area is 137 Å². The Hall–Kier alpha value is -0.610. The largest absolute Gasteiger partial charge is 0.356 e. The standard InChI is InChI=1S/C12H28N2.C6H11NO/c13-11-9-7-5-3-1-2-4-6-8-10-12-14;8-6-4-2-1-3-5-7-6/h1-14H2;1-5H2,(H,7,8). The average Bonchev–Trinajstić information content (AvgIpc) is 2.77. The summed E-state index contributed by atoms with van der Waals surface area (Å²) in [5, 5.41) is 2.81. The summed E-state index contributed by atoms with van der Waals surface area (Å²) in [6.07, 6.45) is 17.6. The predicted molar refractivity (Wildman–Crippen MR) is 95.8 cm³/mol. The number of hydrogen-bond donors (Lipinski definition) is 3. The topological polar surface area (TPSA) is 81.1 Å². The van der Waals surface area contributed by atoms with Gasteiger partial charge in [-0.1, -0.05) is 57.8 Å². The van der Waals surface area contributed by atoms with Gasteiger partial charge in [-0.15, -0.1) is 0 Å². The van der Waals surface area contributed by atoms with Gasteiger partial charge in [-0.25, -0.2) is 0 Å². The van der Waals surface area contributed by atoms with Gasteiger partial charge in [-0.3, -0.25) is 4.79 Å². The molecule has 0 atom stereocenters. The molecule has 0 radical (unpaired) electrons. The first-order chi connectivity index (χ1) is 10.8. The van der Waals surface area contributed by atoms with Crippen molar-refractivity contribution in [3.8, 4) is 0 Å². The van der Waals surface area contributed by atoms with Crippen LogP contribution < -0.4 is 16.8 Å². The molecule has 0 spiro atoms. The monoisotopic (exact) mass is 313 g/mol. The molecule has 1 saturated heterocycles. The molecule has 1 aliphatic rings. The highest BCUT2D eigenvalue weighted by molar-refractivity contribution is 5.75. The molecule has 1 aliphatic heterocycles. The van der Waals surface area contributed by atoms with Gasteiger partial charge in [0.15, 0.2) is 0 Å². The van der Waals surface area contributed by atoms with Crippen LogP contribution in [-0.2, 0) is 4.79 Å². The molecule has 0 bridgehead atoms. The molecular formula is C18H39N3O. The molecule has 4 nitrogen and oxygen atoms in total. The number of nitrogens with one attached hydrogen (secondary N) is 1.